The van der Waals surface area contributed by atoms with E-state index in [0.29, 0.717) is 11.1 Å². The molecule has 5 atom stereocenters. The quantitative estimate of drug-likeness (QED) is 0.143. The Balaban J connectivity index is 1.68. The molecule has 2 aromatic carbocycles. The lowest BCUT2D eigenvalue weighted by Crippen LogP contribution is -2.61. The number of methoxy groups -OCH3 is 2. The van der Waals surface area contributed by atoms with Gasteiger partial charge in [0.1, 0.15) is 24.1 Å². The van der Waals surface area contributed by atoms with Crippen molar-refractivity contribution in [2.24, 2.45) is 0 Å². The predicted octanol–water partition coefficient (Wildman–Crippen LogP) is 1.42. The third-order valence-electron chi connectivity index (χ3n) is 5.62. The summed E-state index contributed by atoms with van der Waals surface area (Å²) in [6.45, 7) is 0. The van der Waals surface area contributed by atoms with Gasteiger partial charge in [-0.1, -0.05) is 24.3 Å². The highest BCUT2D eigenvalue weighted by atomic mass is 16.7. The Kier molecular flexibility index (Phi) is 9.68. The molecule has 1 saturated heterocycles. The number of allylic oxidation sites excluding steroid dienone is 3. The highest BCUT2D eigenvalue weighted by Gasteiger charge is 2.48. The molecule has 1 aliphatic rings. The summed E-state index contributed by atoms with van der Waals surface area (Å²) in [7, 11) is 2.73. The van der Waals surface area contributed by atoms with Gasteiger partial charge in [-0.3, -0.25) is 4.79 Å². The lowest BCUT2D eigenvalue weighted by atomic mass is 9.99. The SMILES string of the molecule is COc1cc(/C=C/C(=O)/C=C(O)/C=C/c2ccc(OC3OC(C(=O)O)C(O)C(O)C3O)c(OC)c2)ccc1O. The van der Waals surface area contributed by atoms with E-state index in [0.717, 1.165) is 6.08 Å². The molecule has 0 aliphatic carbocycles. The normalized spacial score (nSPS) is 23.6. The van der Waals surface area contributed by atoms with Crippen LogP contribution in [-0.4, -0.2) is 87.3 Å². The van der Waals surface area contributed by atoms with E-state index in [-0.39, 0.29) is 28.8 Å². The summed E-state index contributed by atoms with van der Waals surface area (Å²) >= 11 is 0. The first-order valence-corrected chi connectivity index (χ1v) is 11.5. The highest BCUT2D eigenvalue weighted by molar-refractivity contribution is 6.02. The Labute approximate surface area is 222 Å². The molecule has 1 fully saturated rings. The number of aromatic hydroxyl groups is 1. The van der Waals surface area contributed by atoms with Gasteiger partial charge in [0.2, 0.25) is 6.29 Å². The molecule has 1 aliphatic heterocycles. The van der Waals surface area contributed by atoms with E-state index in [9.17, 15) is 40.2 Å². The number of aliphatic hydroxyl groups is 4. The summed E-state index contributed by atoms with van der Waals surface area (Å²) < 4.78 is 20.9. The number of rotatable bonds is 10. The molecule has 1 heterocycles. The van der Waals surface area contributed by atoms with E-state index in [4.69, 9.17) is 18.9 Å². The van der Waals surface area contributed by atoms with Gasteiger partial charge in [-0.05, 0) is 47.5 Å². The number of ether oxygens (including phenoxy) is 4. The third-order valence-corrected chi connectivity index (χ3v) is 5.62. The number of hydrogen-bond acceptors (Lipinski definition) is 11. The van der Waals surface area contributed by atoms with Gasteiger partial charge in [-0.15, -0.1) is 0 Å². The zero-order valence-corrected chi connectivity index (χ0v) is 20.9. The largest absolute Gasteiger partial charge is 0.508 e. The summed E-state index contributed by atoms with van der Waals surface area (Å²) in [4.78, 5) is 23.4. The topological polar surface area (TPSA) is 192 Å². The van der Waals surface area contributed by atoms with Crippen LogP contribution in [0.15, 0.2) is 60.4 Å². The molecule has 12 nitrogen and oxygen atoms in total. The van der Waals surface area contributed by atoms with Crippen molar-refractivity contribution in [2.45, 2.75) is 30.7 Å². The van der Waals surface area contributed by atoms with Crippen LogP contribution in [0.4, 0.5) is 0 Å². The Morgan fingerprint density at radius 2 is 1.44 bits per heavy atom. The summed E-state index contributed by atoms with van der Waals surface area (Å²) in [5.74, 6) is -1.98. The molecular formula is C27H28O12. The molecule has 0 saturated carbocycles. The van der Waals surface area contributed by atoms with Crippen LogP contribution < -0.4 is 14.2 Å². The van der Waals surface area contributed by atoms with Gasteiger partial charge >= 0.3 is 5.97 Å². The van der Waals surface area contributed by atoms with E-state index < -0.39 is 42.5 Å². The number of carboxylic acids is 1. The molecule has 0 radical (unpaired) electrons. The lowest BCUT2D eigenvalue weighted by Gasteiger charge is -2.38. The Morgan fingerprint density at radius 3 is 2.08 bits per heavy atom. The molecule has 6 N–H and O–H groups in total. The van der Waals surface area contributed by atoms with E-state index in [1.54, 1.807) is 12.1 Å². The van der Waals surface area contributed by atoms with E-state index in [1.807, 2.05) is 0 Å². The first-order chi connectivity index (χ1) is 18.5. The van der Waals surface area contributed by atoms with Gasteiger partial charge in [0.25, 0.3) is 0 Å². The number of carbonyl (C=O) groups is 2. The summed E-state index contributed by atoms with van der Waals surface area (Å²) in [5, 5.41) is 58.8. The molecule has 12 heteroatoms. The van der Waals surface area contributed by atoms with Crippen molar-refractivity contribution in [1.29, 1.82) is 0 Å². The molecular weight excluding hydrogens is 516 g/mol. The number of aliphatic carboxylic acids is 1. The van der Waals surface area contributed by atoms with Crippen molar-refractivity contribution < 1.29 is 59.2 Å². The van der Waals surface area contributed by atoms with Crippen LogP contribution in [0.25, 0.3) is 12.2 Å². The molecule has 3 rings (SSSR count). The standard InChI is InChI=1S/C27H28O12/c1-36-20-11-14(5-9-18(20)30)3-7-16(28)13-17(29)8-4-15-6-10-19(21(12-15)37-2)38-27-24(33)22(31)23(32)25(39-27)26(34)35/h3-13,22-25,27,29-33H,1-2H3,(H,34,35)/b7-3+,8-4+,17-13-. The molecule has 0 amide bonds. The van der Waals surface area contributed by atoms with Crippen LogP contribution in [0.1, 0.15) is 11.1 Å². The summed E-state index contributed by atoms with van der Waals surface area (Å²) in [6, 6.07) is 9.01. The monoisotopic (exact) mass is 544 g/mol. The molecule has 208 valence electrons. The molecule has 0 bridgehead atoms. The van der Waals surface area contributed by atoms with Crippen molar-refractivity contribution in [2.75, 3.05) is 14.2 Å². The lowest BCUT2D eigenvalue weighted by molar-refractivity contribution is -0.271. The maximum atomic E-state index is 12.2. The van der Waals surface area contributed by atoms with Crippen LogP contribution in [0, 0.1) is 0 Å². The van der Waals surface area contributed by atoms with Gasteiger partial charge in [0.15, 0.2) is 34.9 Å². The number of hydrogen-bond donors (Lipinski definition) is 6. The third kappa shape index (κ3) is 7.36. The fourth-order valence-corrected chi connectivity index (χ4v) is 3.56. The maximum Gasteiger partial charge on any atom is 0.335 e. The number of phenolic OH excluding ortho intramolecular Hbond substituents is 1. The first kappa shape index (κ1) is 29.2. The second-order valence-corrected chi connectivity index (χ2v) is 8.33. The van der Waals surface area contributed by atoms with Crippen molar-refractivity contribution in [1.82, 2.24) is 0 Å². The first-order valence-electron chi connectivity index (χ1n) is 11.5. The molecule has 5 unspecified atom stereocenters. The van der Waals surface area contributed by atoms with Crippen molar-refractivity contribution in [3.05, 3.63) is 71.5 Å². The fraction of sp³-hybridized carbons (Fsp3) is 0.259. The Morgan fingerprint density at radius 1 is 0.821 bits per heavy atom. The Bertz CT molecular complexity index is 1280. The zero-order chi connectivity index (χ0) is 28.7. The molecule has 0 spiro atoms. The smallest absolute Gasteiger partial charge is 0.335 e. The zero-order valence-electron chi connectivity index (χ0n) is 20.9. The molecule has 0 aromatic heterocycles. The van der Waals surface area contributed by atoms with Gasteiger partial charge in [-0.25, -0.2) is 4.79 Å². The van der Waals surface area contributed by atoms with Crippen LogP contribution >= 0.6 is 0 Å². The minimum Gasteiger partial charge on any atom is -0.508 e. The Hall–Kier alpha value is -4.36. The molecule has 39 heavy (non-hydrogen) atoms. The average Bonchev–Trinajstić information content (AvgIpc) is 2.91. The van der Waals surface area contributed by atoms with Gasteiger partial charge in [-0.2, -0.15) is 0 Å². The molecule has 2 aromatic rings. The van der Waals surface area contributed by atoms with Gasteiger partial charge in [0.05, 0.1) is 14.2 Å². The van der Waals surface area contributed by atoms with E-state index >= 15 is 0 Å². The van der Waals surface area contributed by atoms with Crippen LogP contribution in [0.3, 0.4) is 0 Å². The van der Waals surface area contributed by atoms with Crippen LogP contribution in [0.5, 0.6) is 23.0 Å². The van der Waals surface area contributed by atoms with Crippen molar-refractivity contribution in [3.63, 3.8) is 0 Å². The van der Waals surface area contributed by atoms with E-state index in [1.165, 1.54) is 62.8 Å². The number of benzene rings is 2. The van der Waals surface area contributed by atoms with Crippen molar-refractivity contribution >= 4 is 23.9 Å². The number of ketones is 1. The number of carbonyl (C=O) groups excluding carboxylic acids is 1. The van der Waals surface area contributed by atoms with Crippen LogP contribution in [0.2, 0.25) is 0 Å². The average molecular weight is 545 g/mol. The number of aliphatic hydroxyl groups excluding tert-OH is 4. The second-order valence-electron chi connectivity index (χ2n) is 8.33. The second kappa shape index (κ2) is 12.9. The fourth-order valence-electron chi connectivity index (χ4n) is 3.56. The highest BCUT2D eigenvalue weighted by Crippen LogP contribution is 2.32. The minimum absolute atomic E-state index is 0.0368. The van der Waals surface area contributed by atoms with Gasteiger partial charge < -0.3 is 49.6 Å². The van der Waals surface area contributed by atoms with Crippen LogP contribution in [-0.2, 0) is 14.3 Å². The summed E-state index contributed by atoms with van der Waals surface area (Å²) in [5.41, 5.74) is 1.12. The summed E-state index contributed by atoms with van der Waals surface area (Å²) in [6.07, 6.45) is -2.39. The predicted molar refractivity (Wildman–Crippen MR) is 136 cm³/mol. The van der Waals surface area contributed by atoms with E-state index in [2.05, 4.69) is 0 Å². The number of phenols is 1. The number of carboxylic acid groups (broad SMARTS) is 1. The maximum absolute atomic E-state index is 12.2. The van der Waals surface area contributed by atoms with Gasteiger partial charge in [0, 0.05) is 6.08 Å². The minimum atomic E-state index is -1.86. The van der Waals surface area contributed by atoms with Crippen molar-refractivity contribution in [3.8, 4) is 23.0 Å².